The van der Waals surface area contributed by atoms with Crippen LogP contribution in [0.25, 0.3) is 0 Å². The maximum atomic E-state index is 12.6. The van der Waals surface area contributed by atoms with E-state index in [1.165, 1.54) is 49.3 Å². The van der Waals surface area contributed by atoms with Crippen LogP contribution >= 0.6 is 22.9 Å². The van der Waals surface area contributed by atoms with Crippen molar-refractivity contribution in [3.63, 3.8) is 0 Å². The van der Waals surface area contributed by atoms with Gasteiger partial charge in [-0.3, -0.25) is 15.0 Å². The summed E-state index contributed by atoms with van der Waals surface area (Å²) in [6, 6.07) is 15.7. The highest BCUT2D eigenvalue weighted by atomic mass is 35.5. The van der Waals surface area contributed by atoms with Gasteiger partial charge >= 0.3 is 0 Å². The molecule has 0 saturated carbocycles. The van der Waals surface area contributed by atoms with Crippen molar-refractivity contribution >= 4 is 34.0 Å². The Morgan fingerprint density at radius 2 is 1.86 bits per heavy atom. The Labute approximate surface area is 180 Å². The van der Waals surface area contributed by atoms with Gasteiger partial charge in [0.15, 0.2) is 5.13 Å². The van der Waals surface area contributed by atoms with Crippen LogP contribution < -0.4 is 5.32 Å². The standard InChI is InChI=1S/C23H24ClN3OS/c24-20-6-4-5-18(13-20)14-21-15-25-23(29-21)26-22(28)19-9-7-17(8-10-19)16-27-11-2-1-3-12-27/h4-10,13,15H,1-3,11-12,14,16H2,(H,25,26,28). The molecule has 1 aromatic heterocycles. The Morgan fingerprint density at radius 1 is 1.07 bits per heavy atom. The first kappa shape index (κ1) is 20.1. The van der Waals surface area contributed by atoms with Crippen LogP contribution in [0, 0.1) is 0 Å². The number of amides is 1. The van der Waals surface area contributed by atoms with Gasteiger partial charge in [-0.05, 0) is 61.3 Å². The molecule has 0 atom stereocenters. The summed E-state index contributed by atoms with van der Waals surface area (Å²) in [5.41, 5.74) is 3.03. The number of nitrogens with zero attached hydrogens (tertiary/aromatic N) is 2. The van der Waals surface area contributed by atoms with Crippen molar-refractivity contribution in [2.75, 3.05) is 18.4 Å². The number of aromatic nitrogens is 1. The van der Waals surface area contributed by atoms with E-state index in [-0.39, 0.29) is 5.91 Å². The molecule has 4 rings (SSSR count). The number of nitrogens with one attached hydrogen (secondary N) is 1. The molecular weight excluding hydrogens is 402 g/mol. The van der Waals surface area contributed by atoms with Crippen LogP contribution in [0.4, 0.5) is 5.13 Å². The Kier molecular flexibility index (Phi) is 6.60. The fraction of sp³-hybridized carbons (Fsp3) is 0.304. The highest BCUT2D eigenvalue weighted by molar-refractivity contribution is 7.15. The predicted octanol–water partition coefficient (Wildman–Crippen LogP) is 5.63. The first-order valence-corrected chi connectivity index (χ1v) is 11.2. The van der Waals surface area contributed by atoms with Gasteiger partial charge in [-0.15, -0.1) is 11.3 Å². The van der Waals surface area contributed by atoms with Crippen molar-refractivity contribution in [3.8, 4) is 0 Å². The molecule has 0 unspecified atom stereocenters. The van der Waals surface area contributed by atoms with Crippen LogP contribution in [-0.2, 0) is 13.0 Å². The first-order chi connectivity index (χ1) is 14.2. The van der Waals surface area contributed by atoms with Crippen molar-refractivity contribution in [1.29, 1.82) is 0 Å². The lowest BCUT2D eigenvalue weighted by Crippen LogP contribution is -2.29. The van der Waals surface area contributed by atoms with Crippen molar-refractivity contribution in [1.82, 2.24) is 9.88 Å². The summed E-state index contributed by atoms with van der Waals surface area (Å²) in [5.74, 6) is -0.127. The van der Waals surface area contributed by atoms with Gasteiger partial charge in [0.2, 0.25) is 0 Å². The molecule has 1 fully saturated rings. The van der Waals surface area contributed by atoms with Crippen LogP contribution in [0.1, 0.15) is 45.6 Å². The second-order valence-electron chi connectivity index (χ2n) is 7.43. The molecule has 1 saturated heterocycles. The molecule has 150 valence electrons. The zero-order valence-electron chi connectivity index (χ0n) is 16.2. The third-order valence-electron chi connectivity index (χ3n) is 5.11. The maximum absolute atomic E-state index is 12.6. The third-order valence-corrected chi connectivity index (χ3v) is 6.26. The molecular formula is C23H24ClN3OS. The van der Waals surface area contributed by atoms with Crippen molar-refractivity contribution < 1.29 is 4.79 Å². The molecule has 0 aliphatic carbocycles. The van der Waals surface area contributed by atoms with Crippen LogP contribution in [-0.4, -0.2) is 28.9 Å². The lowest BCUT2D eigenvalue weighted by Gasteiger charge is -2.26. The van der Waals surface area contributed by atoms with E-state index >= 15 is 0 Å². The molecule has 1 aliphatic heterocycles. The molecule has 2 aromatic carbocycles. The number of rotatable bonds is 6. The second-order valence-corrected chi connectivity index (χ2v) is 8.98. The molecule has 4 nitrogen and oxygen atoms in total. The number of anilines is 1. The number of likely N-dealkylation sites (tertiary alicyclic amines) is 1. The van der Waals surface area contributed by atoms with E-state index in [2.05, 4.69) is 27.3 Å². The Balaban J connectivity index is 1.33. The lowest BCUT2D eigenvalue weighted by atomic mass is 10.1. The van der Waals surface area contributed by atoms with Gasteiger partial charge in [0.1, 0.15) is 0 Å². The fourth-order valence-electron chi connectivity index (χ4n) is 3.60. The van der Waals surface area contributed by atoms with Gasteiger partial charge in [0, 0.05) is 34.6 Å². The molecule has 0 bridgehead atoms. The highest BCUT2D eigenvalue weighted by Crippen LogP contribution is 2.23. The minimum atomic E-state index is -0.127. The molecule has 1 N–H and O–H groups in total. The Hall–Kier alpha value is -2.21. The van der Waals surface area contributed by atoms with E-state index in [9.17, 15) is 4.79 Å². The summed E-state index contributed by atoms with van der Waals surface area (Å²) in [5, 5.41) is 4.25. The summed E-state index contributed by atoms with van der Waals surface area (Å²) < 4.78 is 0. The number of thiazole rings is 1. The topological polar surface area (TPSA) is 45.2 Å². The summed E-state index contributed by atoms with van der Waals surface area (Å²) in [4.78, 5) is 20.5. The predicted molar refractivity (Wildman–Crippen MR) is 120 cm³/mol. The molecule has 1 aliphatic rings. The van der Waals surface area contributed by atoms with Crippen molar-refractivity contribution in [2.24, 2.45) is 0 Å². The van der Waals surface area contributed by atoms with Crippen LogP contribution in [0.15, 0.2) is 54.7 Å². The number of benzene rings is 2. The normalized spacial score (nSPS) is 14.7. The number of carbonyl (C=O) groups is 1. The summed E-state index contributed by atoms with van der Waals surface area (Å²) >= 11 is 7.54. The lowest BCUT2D eigenvalue weighted by molar-refractivity contribution is 0.102. The highest BCUT2D eigenvalue weighted by Gasteiger charge is 2.12. The molecule has 29 heavy (non-hydrogen) atoms. The summed E-state index contributed by atoms with van der Waals surface area (Å²) in [7, 11) is 0. The minimum Gasteiger partial charge on any atom is -0.299 e. The number of carbonyl (C=O) groups excluding carboxylic acids is 1. The monoisotopic (exact) mass is 425 g/mol. The van der Waals surface area contributed by atoms with E-state index in [0.29, 0.717) is 10.7 Å². The van der Waals surface area contributed by atoms with E-state index in [1.807, 2.05) is 42.6 Å². The van der Waals surface area contributed by atoms with Crippen LogP contribution in [0.5, 0.6) is 0 Å². The summed E-state index contributed by atoms with van der Waals surface area (Å²) in [6.45, 7) is 3.30. The molecule has 0 spiro atoms. The fourth-order valence-corrected chi connectivity index (χ4v) is 4.66. The third kappa shape index (κ3) is 5.66. The molecule has 0 radical (unpaired) electrons. The Bertz CT molecular complexity index is 964. The average molecular weight is 426 g/mol. The van der Waals surface area contributed by atoms with Gasteiger partial charge in [0.05, 0.1) is 0 Å². The number of hydrogen-bond donors (Lipinski definition) is 1. The van der Waals surface area contributed by atoms with Gasteiger partial charge in [-0.2, -0.15) is 0 Å². The molecule has 2 heterocycles. The van der Waals surface area contributed by atoms with Crippen molar-refractivity contribution in [3.05, 3.63) is 81.3 Å². The summed E-state index contributed by atoms with van der Waals surface area (Å²) in [6.07, 6.45) is 6.47. The Morgan fingerprint density at radius 3 is 2.62 bits per heavy atom. The van der Waals surface area contributed by atoms with Gasteiger partial charge < -0.3 is 0 Å². The average Bonchev–Trinajstić information content (AvgIpc) is 3.16. The van der Waals surface area contributed by atoms with Gasteiger partial charge in [0.25, 0.3) is 5.91 Å². The number of hydrogen-bond acceptors (Lipinski definition) is 4. The largest absolute Gasteiger partial charge is 0.299 e. The van der Waals surface area contributed by atoms with E-state index in [0.717, 1.165) is 28.4 Å². The van der Waals surface area contributed by atoms with E-state index in [4.69, 9.17) is 11.6 Å². The number of piperidine rings is 1. The molecule has 6 heteroatoms. The minimum absolute atomic E-state index is 0.127. The van der Waals surface area contributed by atoms with Crippen molar-refractivity contribution in [2.45, 2.75) is 32.2 Å². The van der Waals surface area contributed by atoms with E-state index < -0.39 is 0 Å². The maximum Gasteiger partial charge on any atom is 0.257 e. The first-order valence-electron chi connectivity index (χ1n) is 9.97. The zero-order chi connectivity index (χ0) is 20.1. The van der Waals surface area contributed by atoms with Gasteiger partial charge in [-0.1, -0.05) is 42.3 Å². The smallest absolute Gasteiger partial charge is 0.257 e. The number of halogens is 1. The second kappa shape index (κ2) is 9.53. The van der Waals surface area contributed by atoms with Gasteiger partial charge in [-0.25, -0.2) is 4.98 Å². The van der Waals surface area contributed by atoms with Crippen LogP contribution in [0.2, 0.25) is 5.02 Å². The van der Waals surface area contributed by atoms with Crippen LogP contribution in [0.3, 0.4) is 0 Å². The van der Waals surface area contributed by atoms with E-state index in [1.54, 1.807) is 0 Å². The molecule has 1 amide bonds. The quantitative estimate of drug-likeness (QED) is 0.557. The SMILES string of the molecule is O=C(Nc1ncc(Cc2cccc(Cl)c2)s1)c1ccc(CN2CCCCC2)cc1. The molecule has 3 aromatic rings. The zero-order valence-corrected chi connectivity index (χ0v) is 17.8.